The van der Waals surface area contributed by atoms with Gasteiger partial charge in [-0.15, -0.1) is 0 Å². The van der Waals surface area contributed by atoms with Gasteiger partial charge in [-0.05, 0) is 0 Å². The van der Waals surface area contributed by atoms with Crippen molar-refractivity contribution >= 4 is 11.8 Å². The van der Waals surface area contributed by atoms with Crippen LogP contribution in [0.4, 0.5) is 5.82 Å². The van der Waals surface area contributed by atoms with E-state index in [2.05, 4.69) is 20.8 Å². The van der Waals surface area contributed by atoms with Crippen molar-refractivity contribution < 1.29 is 14.3 Å². The van der Waals surface area contributed by atoms with Crippen LogP contribution in [-0.4, -0.2) is 48.8 Å². The maximum absolute atomic E-state index is 11.2. The molecule has 0 saturated carbocycles. The van der Waals surface area contributed by atoms with Gasteiger partial charge < -0.3 is 14.4 Å². The molecule has 1 aromatic heterocycles. The van der Waals surface area contributed by atoms with Gasteiger partial charge in [-0.1, -0.05) is 0 Å². The predicted molar refractivity (Wildman–Crippen MR) is 60.9 cm³/mol. The number of rotatable bonds is 2. The Hall–Kier alpha value is -2.20. The lowest BCUT2D eigenvalue weighted by Gasteiger charge is -2.30. The van der Waals surface area contributed by atoms with E-state index in [1.807, 2.05) is 4.90 Å². The molecule has 0 spiro atoms. The van der Waals surface area contributed by atoms with Crippen LogP contribution in [0, 0.1) is 11.3 Å². The molecular weight excluding hydrogens is 236 g/mol. The van der Waals surface area contributed by atoms with Crippen molar-refractivity contribution in [3.63, 3.8) is 0 Å². The van der Waals surface area contributed by atoms with Crippen molar-refractivity contribution in [2.24, 2.45) is 0 Å². The number of aromatic nitrogens is 2. The minimum absolute atomic E-state index is 0.159. The molecule has 0 radical (unpaired) electrons. The molecule has 7 heteroatoms. The third-order valence-electron chi connectivity index (χ3n) is 2.57. The van der Waals surface area contributed by atoms with Gasteiger partial charge in [0.2, 0.25) is 0 Å². The van der Waals surface area contributed by atoms with Crippen LogP contribution in [0.5, 0.6) is 0 Å². The molecular formula is C11H12N4O3. The summed E-state index contributed by atoms with van der Waals surface area (Å²) < 4.78 is 9.77. The van der Waals surface area contributed by atoms with E-state index in [1.165, 1.54) is 19.5 Å². The van der Waals surface area contributed by atoms with E-state index >= 15 is 0 Å². The summed E-state index contributed by atoms with van der Waals surface area (Å²) in [5, 5.41) is 8.81. The SMILES string of the molecule is COC(=O)c1cnc(N2CCOC(C#N)C2)cn1. The predicted octanol–water partition coefficient (Wildman–Crippen LogP) is -0.00802. The van der Waals surface area contributed by atoms with Gasteiger partial charge in [0, 0.05) is 6.54 Å². The number of carbonyl (C=O) groups excluding carboxylic acids is 1. The topological polar surface area (TPSA) is 88.3 Å². The maximum Gasteiger partial charge on any atom is 0.358 e. The number of hydrogen-bond acceptors (Lipinski definition) is 7. The molecule has 0 amide bonds. The normalized spacial score (nSPS) is 19.1. The number of carbonyl (C=O) groups is 1. The smallest absolute Gasteiger partial charge is 0.358 e. The zero-order valence-electron chi connectivity index (χ0n) is 9.87. The Morgan fingerprint density at radius 2 is 2.44 bits per heavy atom. The first kappa shape index (κ1) is 12.3. The summed E-state index contributed by atoms with van der Waals surface area (Å²) in [5.41, 5.74) is 0.159. The lowest BCUT2D eigenvalue weighted by atomic mass is 10.3. The first-order valence-electron chi connectivity index (χ1n) is 5.41. The molecule has 2 rings (SSSR count). The number of anilines is 1. The van der Waals surface area contributed by atoms with Crippen molar-refractivity contribution in [2.75, 3.05) is 31.7 Å². The van der Waals surface area contributed by atoms with Gasteiger partial charge in [0.1, 0.15) is 5.82 Å². The average molecular weight is 248 g/mol. The van der Waals surface area contributed by atoms with Gasteiger partial charge >= 0.3 is 5.97 Å². The van der Waals surface area contributed by atoms with Crippen LogP contribution in [0.1, 0.15) is 10.5 Å². The second kappa shape index (κ2) is 5.42. The van der Waals surface area contributed by atoms with E-state index in [1.54, 1.807) is 0 Å². The van der Waals surface area contributed by atoms with E-state index in [9.17, 15) is 4.79 Å². The summed E-state index contributed by atoms with van der Waals surface area (Å²) in [4.78, 5) is 21.2. The Kier molecular flexibility index (Phi) is 3.69. The van der Waals surface area contributed by atoms with Gasteiger partial charge in [0.15, 0.2) is 11.8 Å². The first-order chi connectivity index (χ1) is 8.74. The third kappa shape index (κ3) is 2.55. The van der Waals surface area contributed by atoms with E-state index < -0.39 is 12.1 Å². The summed E-state index contributed by atoms with van der Waals surface area (Å²) in [5.74, 6) is 0.0946. The molecule has 1 fully saturated rings. The van der Waals surface area contributed by atoms with Crippen LogP contribution >= 0.6 is 0 Å². The van der Waals surface area contributed by atoms with Crippen LogP contribution < -0.4 is 4.90 Å². The van der Waals surface area contributed by atoms with E-state index in [4.69, 9.17) is 10.00 Å². The van der Waals surface area contributed by atoms with Crippen molar-refractivity contribution in [3.05, 3.63) is 18.1 Å². The summed E-state index contributed by atoms with van der Waals surface area (Å²) in [6.07, 6.45) is 2.39. The Balaban J connectivity index is 2.10. The second-order valence-electron chi connectivity index (χ2n) is 3.69. The molecule has 0 aliphatic carbocycles. The largest absolute Gasteiger partial charge is 0.464 e. The number of nitriles is 1. The van der Waals surface area contributed by atoms with Crippen LogP contribution in [0.25, 0.3) is 0 Å². The highest BCUT2D eigenvalue weighted by Crippen LogP contribution is 2.13. The molecule has 7 nitrogen and oxygen atoms in total. The highest BCUT2D eigenvalue weighted by molar-refractivity contribution is 5.86. The lowest BCUT2D eigenvalue weighted by Crippen LogP contribution is -2.42. The highest BCUT2D eigenvalue weighted by Gasteiger charge is 2.21. The number of nitrogens with zero attached hydrogens (tertiary/aromatic N) is 4. The van der Waals surface area contributed by atoms with Gasteiger partial charge in [0.05, 0.1) is 38.7 Å². The summed E-state index contributed by atoms with van der Waals surface area (Å²) in [7, 11) is 1.29. The zero-order valence-corrected chi connectivity index (χ0v) is 9.87. The van der Waals surface area contributed by atoms with Crippen molar-refractivity contribution in [2.45, 2.75) is 6.10 Å². The monoisotopic (exact) mass is 248 g/mol. The van der Waals surface area contributed by atoms with Crippen LogP contribution in [-0.2, 0) is 9.47 Å². The van der Waals surface area contributed by atoms with E-state index in [0.717, 1.165) is 0 Å². The van der Waals surface area contributed by atoms with Crippen LogP contribution in [0.2, 0.25) is 0 Å². The molecule has 1 aromatic rings. The Morgan fingerprint density at radius 3 is 3.06 bits per heavy atom. The number of esters is 1. The van der Waals surface area contributed by atoms with E-state index in [-0.39, 0.29) is 5.69 Å². The number of morpholine rings is 1. The van der Waals surface area contributed by atoms with Gasteiger partial charge in [0.25, 0.3) is 0 Å². The molecule has 1 unspecified atom stereocenters. The molecule has 18 heavy (non-hydrogen) atoms. The minimum atomic E-state index is -0.522. The number of hydrogen-bond donors (Lipinski definition) is 0. The summed E-state index contributed by atoms with van der Waals surface area (Å²) >= 11 is 0. The van der Waals surface area contributed by atoms with Crippen LogP contribution in [0.3, 0.4) is 0 Å². The van der Waals surface area contributed by atoms with Gasteiger partial charge in [-0.2, -0.15) is 5.26 Å². The van der Waals surface area contributed by atoms with Crippen molar-refractivity contribution in [3.8, 4) is 6.07 Å². The molecule has 0 aromatic carbocycles. The fraction of sp³-hybridized carbons (Fsp3) is 0.455. The number of methoxy groups -OCH3 is 1. The average Bonchev–Trinajstić information content (AvgIpc) is 2.46. The fourth-order valence-corrected chi connectivity index (χ4v) is 1.63. The first-order valence-corrected chi connectivity index (χ1v) is 5.41. The van der Waals surface area contributed by atoms with Crippen molar-refractivity contribution in [1.29, 1.82) is 5.26 Å². The Morgan fingerprint density at radius 1 is 1.61 bits per heavy atom. The van der Waals surface area contributed by atoms with Crippen LogP contribution in [0.15, 0.2) is 12.4 Å². The third-order valence-corrected chi connectivity index (χ3v) is 2.57. The summed E-state index contributed by atoms with van der Waals surface area (Å²) in [6.45, 7) is 1.56. The fourth-order valence-electron chi connectivity index (χ4n) is 1.63. The molecule has 2 heterocycles. The second-order valence-corrected chi connectivity index (χ2v) is 3.69. The van der Waals surface area contributed by atoms with Gasteiger partial charge in [-0.3, -0.25) is 0 Å². The van der Waals surface area contributed by atoms with Crippen molar-refractivity contribution in [1.82, 2.24) is 9.97 Å². The molecule has 1 saturated heterocycles. The molecule has 1 aliphatic rings. The summed E-state index contributed by atoms with van der Waals surface area (Å²) in [6, 6.07) is 2.06. The lowest BCUT2D eigenvalue weighted by molar-refractivity contribution is 0.0593. The standard InChI is InChI=1S/C11H12N4O3/c1-17-11(16)9-5-14-10(6-13-9)15-2-3-18-8(4-12)7-15/h5-6,8H,2-3,7H2,1H3. The highest BCUT2D eigenvalue weighted by atomic mass is 16.5. The minimum Gasteiger partial charge on any atom is -0.464 e. The Labute approximate surface area is 104 Å². The van der Waals surface area contributed by atoms with Gasteiger partial charge in [-0.25, -0.2) is 14.8 Å². The zero-order chi connectivity index (χ0) is 13.0. The molecule has 0 bridgehead atoms. The molecule has 1 aliphatic heterocycles. The van der Waals surface area contributed by atoms with E-state index in [0.29, 0.717) is 25.5 Å². The molecule has 0 N–H and O–H groups in total. The Bertz CT molecular complexity index is 468. The maximum atomic E-state index is 11.2. The number of ether oxygens (including phenoxy) is 2. The molecule has 1 atom stereocenters. The quantitative estimate of drug-likeness (QED) is 0.680. The molecule has 94 valence electrons.